The first kappa shape index (κ1) is 52.3. The highest BCUT2D eigenvalue weighted by Gasteiger charge is 2.22. The number of benzene rings is 1. The van der Waals surface area contributed by atoms with E-state index >= 15 is 0 Å². The Balaban J connectivity index is 0.000000334. The molecule has 1 fully saturated rings. The van der Waals surface area contributed by atoms with E-state index in [0.29, 0.717) is 35.9 Å². The molecule has 1 saturated heterocycles. The van der Waals surface area contributed by atoms with E-state index in [-0.39, 0.29) is 36.7 Å². The Morgan fingerprint density at radius 1 is 1.02 bits per heavy atom. The summed E-state index contributed by atoms with van der Waals surface area (Å²) < 4.78 is 1.83. The molecule has 0 bridgehead atoms. The number of amides is 5. The van der Waals surface area contributed by atoms with Crippen molar-refractivity contribution < 1.29 is 33.6 Å². The molecule has 3 heterocycles. The molecule has 0 radical (unpaired) electrons. The Hall–Kier alpha value is -4.87. The molecular weight excluding hydrogens is 817 g/mol. The lowest BCUT2D eigenvalue weighted by atomic mass is 9.96. The Kier molecular flexibility index (Phi) is 26.6. The fourth-order valence-electron chi connectivity index (χ4n) is 6.30. The molecule has 4 rings (SSSR count). The second kappa shape index (κ2) is 31.0. The van der Waals surface area contributed by atoms with Crippen LogP contribution in [-0.2, 0) is 24.0 Å². The number of nitrogens with one attached hydrogen (secondary N) is 4. The van der Waals surface area contributed by atoms with Crippen molar-refractivity contribution in [2.24, 2.45) is 0 Å². The van der Waals surface area contributed by atoms with Crippen molar-refractivity contribution in [1.82, 2.24) is 29.4 Å². The van der Waals surface area contributed by atoms with Gasteiger partial charge in [-0.2, -0.15) is 0 Å². The largest absolute Gasteiger partial charge is 0.385 e. The van der Waals surface area contributed by atoms with Gasteiger partial charge in [-0.25, -0.2) is 4.98 Å². The summed E-state index contributed by atoms with van der Waals surface area (Å²) in [6.07, 6.45) is 22.0. The van der Waals surface area contributed by atoms with Gasteiger partial charge in [0.15, 0.2) is 5.13 Å². The monoisotopic (exact) mass is 882 g/mol. The molecule has 1 aromatic carbocycles. The van der Waals surface area contributed by atoms with Crippen LogP contribution < -0.4 is 21.3 Å². The van der Waals surface area contributed by atoms with Gasteiger partial charge in [-0.3, -0.25) is 38.1 Å². The zero-order chi connectivity index (χ0) is 44.8. The molecule has 5 amide bonds. The van der Waals surface area contributed by atoms with Gasteiger partial charge < -0.3 is 30.5 Å². The van der Waals surface area contributed by atoms with Crippen molar-refractivity contribution in [3.05, 3.63) is 64.4 Å². The quantitative estimate of drug-likeness (QED) is 0.0524. The number of piperidine rings is 1. The molecule has 2 unspecified atom stereocenters. The predicted octanol–water partition coefficient (Wildman–Crippen LogP) is 6.69. The Morgan fingerprint density at radius 2 is 1.74 bits per heavy atom. The van der Waals surface area contributed by atoms with E-state index < -0.39 is 0 Å². The summed E-state index contributed by atoms with van der Waals surface area (Å²) >= 11 is 2.92. The second-order valence-corrected chi connectivity index (χ2v) is 16.7. The highest BCUT2D eigenvalue weighted by Crippen LogP contribution is 2.29. The van der Waals surface area contributed by atoms with Crippen LogP contribution >= 0.6 is 23.3 Å². The lowest BCUT2D eigenvalue weighted by molar-refractivity contribution is -0.126. The number of imide groups is 1. The number of rotatable bonds is 25. The van der Waals surface area contributed by atoms with Crippen molar-refractivity contribution in [1.29, 1.82) is 0 Å². The van der Waals surface area contributed by atoms with Gasteiger partial charge in [0.1, 0.15) is 12.6 Å². The van der Waals surface area contributed by atoms with Gasteiger partial charge in [0.25, 0.3) is 5.91 Å². The number of unbranched alkanes of at least 4 members (excludes halogenated alkanes) is 8. The van der Waals surface area contributed by atoms with Gasteiger partial charge in [-0.05, 0) is 95.3 Å². The minimum absolute atomic E-state index is 0.00917. The molecule has 0 spiro atoms. The van der Waals surface area contributed by atoms with E-state index in [4.69, 9.17) is 0 Å². The van der Waals surface area contributed by atoms with Crippen LogP contribution in [0.5, 0.6) is 0 Å². The maximum Gasteiger partial charge on any atom is 0.253 e. The molecule has 2 aromatic heterocycles. The van der Waals surface area contributed by atoms with Gasteiger partial charge in [0, 0.05) is 80.2 Å². The van der Waals surface area contributed by atoms with Crippen LogP contribution in [0.1, 0.15) is 128 Å². The molecule has 336 valence electrons. The molecule has 3 aromatic rings. The van der Waals surface area contributed by atoms with Crippen molar-refractivity contribution in [2.75, 3.05) is 57.2 Å². The molecule has 1 aliphatic rings. The van der Waals surface area contributed by atoms with Crippen LogP contribution in [0.2, 0.25) is 0 Å². The van der Waals surface area contributed by atoms with E-state index in [0.717, 1.165) is 80.4 Å². The molecular formula is C44H66N8O7S2. The zero-order valence-electron chi connectivity index (χ0n) is 36.5. The molecule has 4 N–H and O–H groups in total. The summed E-state index contributed by atoms with van der Waals surface area (Å²) in [5.74, 6) is -0.431. The Morgan fingerprint density at radius 3 is 2.38 bits per heavy atom. The zero-order valence-corrected chi connectivity index (χ0v) is 38.1. The normalized spacial score (nSPS) is 13.8. The average molecular weight is 883 g/mol. The molecule has 17 heteroatoms. The summed E-state index contributed by atoms with van der Waals surface area (Å²) in [6, 6.07) is 7.66. The Bertz CT molecular complexity index is 1790. The fraction of sp³-hybridized carbons (Fsp3) is 0.545. The number of anilines is 2. The maximum absolute atomic E-state index is 12.1. The average Bonchev–Trinajstić information content (AvgIpc) is 3.95. The minimum atomic E-state index is -0.318. The second-order valence-electron chi connectivity index (χ2n) is 15.1. The van der Waals surface area contributed by atoms with E-state index in [1.54, 1.807) is 25.5 Å². The van der Waals surface area contributed by atoms with Crippen LogP contribution in [0, 0.1) is 6.92 Å². The summed E-state index contributed by atoms with van der Waals surface area (Å²) in [6.45, 7) is 6.80. The number of hydrogen-bond acceptors (Lipinski definition) is 12. The summed E-state index contributed by atoms with van der Waals surface area (Å²) in [4.78, 5) is 84.5. The molecule has 61 heavy (non-hydrogen) atoms. The van der Waals surface area contributed by atoms with Gasteiger partial charge in [0.05, 0.1) is 17.8 Å². The van der Waals surface area contributed by atoms with Crippen LogP contribution in [0.25, 0.3) is 0 Å². The summed E-state index contributed by atoms with van der Waals surface area (Å²) in [5.41, 5.74) is 4.39. The number of likely N-dealkylation sites (tertiary alicyclic amines) is 1. The number of nitrogens with zero attached hydrogens (tertiary/aromatic N) is 4. The maximum atomic E-state index is 12.1. The highest BCUT2D eigenvalue weighted by molar-refractivity contribution is 7.97. The van der Waals surface area contributed by atoms with Crippen LogP contribution in [0.4, 0.5) is 10.8 Å². The standard InChI is InChI=1S/C19H29NO2.C17H23N5O2S2.C8H14N2O3/c1-17-11-12-19(15-18(17)16-22)20-13-9-7-5-3-2-4-6-8-10-14-21;1-21-6-3-4-12(9-21)14-11-26-17(19-14)20-15(23)8-18-16(24)13-5-7-22(10-13)25-2;1-7(10(2)6-12)3-4-8(13)9-5-11/h11-12,14-16,20H,2-10,13H2,1H3;5,7,10-12H,3-4,6,8-9H2,1-2H3,(H,18,24)(H,19,20,23);5-7H,3-4H2,1-2H3,(H,9,11,13). The number of aromatic nitrogens is 2. The predicted molar refractivity (Wildman–Crippen MR) is 245 cm³/mol. The van der Waals surface area contributed by atoms with E-state index in [1.807, 2.05) is 53.0 Å². The number of carbonyl (C=O) groups is 7. The van der Waals surface area contributed by atoms with Crippen LogP contribution in [0.3, 0.4) is 0 Å². The number of aldehydes is 2. The number of hydrogen-bond donors (Lipinski definition) is 4. The first-order valence-electron chi connectivity index (χ1n) is 21.0. The van der Waals surface area contributed by atoms with Crippen molar-refractivity contribution >= 4 is 77.2 Å². The number of carbonyl (C=O) groups excluding carboxylic acids is 7. The minimum Gasteiger partial charge on any atom is -0.385 e. The third kappa shape index (κ3) is 22.0. The number of likely N-dealkylation sites (N-methyl/N-ethyl adjacent to an activating group) is 1. The molecule has 1 aliphatic heterocycles. The summed E-state index contributed by atoms with van der Waals surface area (Å²) in [7, 11) is 3.77. The van der Waals surface area contributed by atoms with E-state index in [1.165, 1.54) is 73.1 Å². The first-order chi connectivity index (χ1) is 29.4. The van der Waals surface area contributed by atoms with Crippen LogP contribution in [-0.4, -0.2) is 114 Å². The van der Waals surface area contributed by atoms with Gasteiger partial charge in [-0.15, -0.1) is 11.3 Å². The van der Waals surface area contributed by atoms with Gasteiger partial charge >= 0.3 is 0 Å². The van der Waals surface area contributed by atoms with Gasteiger partial charge in [0.2, 0.25) is 24.6 Å². The van der Waals surface area contributed by atoms with Gasteiger partial charge in [-0.1, -0.05) is 44.6 Å². The fourth-order valence-corrected chi connectivity index (χ4v) is 7.51. The number of aryl methyl sites for hydroxylation is 1. The number of thiazole rings is 1. The van der Waals surface area contributed by atoms with E-state index in [2.05, 4.69) is 32.9 Å². The molecule has 2 atom stereocenters. The lowest BCUT2D eigenvalue weighted by Crippen LogP contribution is -2.32. The first-order valence-corrected chi connectivity index (χ1v) is 23.1. The van der Waals surface area contributed by atoms with Crippen LogP contribution in [0.15, 0.2) is 42.0 Å². The topological polar surface area (TPSA) is 192 Å². The third-order valence-electron chi connectivity index (χ3n) is 10.2. The summed E-state index contributed by atoms with van der Waals surface area (Å²) in [5, 5.41) is 13.4. The smallest absolute Gasteiger partial charge is 0.253 e. The van der Waals surface area contributed by atoms with Crippen molar-refractivity contribution in [2.45, 2.75) is 109 Å². The molecule has 15 nitrogen and oxygen atoms in total. The van der Waals surface area contributed by atoms with E-state index in [9.17, 15) is 33.6 Å². The molecule has 0 saturated carbocycles. The Labute approximate surface area is 369 Å². The highest BCUT2D eigenvalue weighted by atomic mass is 32.2. The SMILES string of the molecule is CC(CCC(=O)NC=O)N(C)C=O.CSn1ccc(C(=O)NCC(=O)Nc2nc(C3CCCN(C)C3)cs2)c1.Cc1ccc(NCCCCCCCCCCC=O)cc1C=O. The van der Waals surface area contributed by atoms with Crippen molar-refractivity contribution in [3.63, 3.8) is 0 Å². The van der Waals surface area contributed by atoms with Crippen molar-refractivity contribution in [3.8, 4) is 0 Å². The molecule has 0 aliphatic carbocycles. The third-order valence-corrected chi connectivity index (χ3v) is 11.6. The lowest BCUT2D eigenvalue weighted by Gasteiger charge is -2.28.